The largest absolute Gasteiger partial charge is 0.497 e. The summed E-state index contributed by atoms with van der Waals surface area (Å²) >= 11 is 0. The summed E-state index contributed by atoms with van der Waals surface area (Å²) in [5.41, 5.74) is 1.53. The maximum Gasteiger partial charge on any atom is 0.241 e. The summed E-state index contributed by atoms with van der Waals surface area (Å²) in [6, 6.07) is 10.9. The molecule has 2 rings (SSSR count). The Balaban J connectivity index is 1.88. The highest BCUT2D eigenvalue weighted by atomic mass is 19.1. The van der Waals surface area contributed by atoms with Crippen molar-refractivity contribution in [3.05, 3.63) is 53.8 Å². The van der Waals surface area contributed by atoms with Gasteiger partial charge in [0.2, 0.25) is 11.8 Å². The Morgan fingerprint density at radius 2 is 1.74 bits per heavy atom. The number of rotatable bonds is 7. The van der Waals surface area contributed by atoms with E-state index in [1.807, 2.05) is 0 Å². The van der Waals surface area contributed by atoms with Crippen LogP contribution in [0.1, 0.15) is 12.5 Å². The van der Waals surface area contributed by atoms with Gasteiger partial charge in [0.1, 0.15) is 11.6 Å². The molecule has 0 fully saturated rings. The monoisotopic (exact) mass is 373 g/mol. The van der Waals surface area contributed by atoms with Crippen molar-refractivity contribution in [3.63, 3.8) is 0 Å². The Morgan fingerprint density at radius 1 is 1.11 bits per heavy atom. The van der Waals surface area contributed by atoms with E-state index < -0.39 is 6.04 Å². The first-order valence-corrected chi connectivity index (χ1v) is 8.51. The number of benzene rings is 2. The van der Waals surface area contributed by atoms with Crippen LogP contribution in [0.5, 0.6) is 5.75 Å². The number of hydrogen-bond acceptors (Lipinski definition) is 4. The van der Waals surface area contributed by atoms with Crippen LogP contribution in [0.2, 0.25) is 0 Å². The normalized spacial score (nSPS) is 11.8. The fourth-order valence-corrected chi connectivity index (χ4v) is 2.36. The number of likely N-dealkylation sites (N-methyl/N-ethyl adjacent to an activating group) is 1. The van der Waals surface area contributed by atoms with Crippen molar-refractivity contribution in [1.29, 1.82) is 0 Å². The molecule has 144 valence electrons. The van der Waals surface area contributed by atoms with Crippen LogP contribution in [0.3, 0.4) is 0 Å². The Morgan fingerprint density at radius 3 is 2.33 bits per heavy atom. The van der Waals surface area contributed by atoms with Gasteiger partial charge < -0.3 is 15.4 Å². The van der Waals surface area contributed by atoms with Crippen molar-refractivity contribution in [2.24, 2.45) is 0 Å². The summed E-state index contributed by atoms with van der Waals surface area (Å²) in [7, 11) is 3.24. The summed E-state index contributed by atoms with van der Waals surface area (Å²) in [6.45, 7) is 3.36. The van der Waals surface area contributed by atoms with Gasteiger partial charge >= 0.3 is 0 Å². The summed E-state index contributed by atoms with van der Waals surface area (Å²) in [5.74, 6) is -0.252. The number of nitrogens with one attached hydrogen (secondary N) is 2. The first-order valence-electron chi connectivity index (χ1n) is 8.51. The van der Waals surface area contributed by atoms with Crippen LogP contribution in [0.25, 0.3) is 0 Å². The molecule has 0 heterocycles. The zero-order chi connectivity index (χ0) is 20.0. The smallest absolute Gasteiger partial charge is 0.241 e. The predicted molar refractivity (Wildman–Crippen MR) is 103 cm³/mol. The number of carbonyl (C=O) groups excluding carboxylic acids is 2. The Kier molecular flexibility index (Phi) is 6.90. The number of amides is 2. The maximum absolute atomic E-state index is 13.6. The van der Waals surface area contributed by atoms with Gasteiger partial charge in [0.05, 0.1) is 19.7 Å². The van der Waals surface area contributed by atoms with Crippen molar-refractivity contribution in [2.75, 3.05) is 31.3 Å². The predicted octanol–water partition coefficient (Wildman–Crippen LogP) is 3.04. The lowest BCUT2D eigenvalue weighted by Crippen LogP contribution is -2.43. The first kappa shape index (κ1) is 20.4. The van der Waals surface area contributed by atoms with Crippen molar-refractivity contribution < 1.29 is 18.7 Å². The molecule has 0 bridgehead atoms. The van der Waals surface area contributed by atoms with Crippen LogP contribution < -0.4 is 15.4 Å². The molecule has 7 heteroatoms. The molecule has 27 heavy (non-hydrogen) atoms. The molecule has 2 amide bonds. The van der Waals surface area contributed by atoms with Crippen molar-refractivity contribution >= 4 is 23.2 Å². The summed E-state index contributed by atoms with van der Waals surface area (Å²) in [5, 5.41) is 5.42. The zero-order valence-electron chi connectivity index (χ0n) is 15.9. The van der Waals surface area contributed by atoms with Crippen LogP contribution in [0, 0.1) is 12.7 Å². The van der Waals surface area contributed by atoms with Crippen LogP contribution in [0.4, 0.5) is 15.8 Å². The molecule has 0 radical (unpaired) electrons. The second-order valence-corrected chi connectivity index (χ2v) is 6.32. The van der Waals surface area contributed by atoms with Gasteiger partial charge in [0.15, 0.2) is 0 Å². The lowest BCUT2D eigenvalue weighted by atomic mass is 10.2. The SMILES string of the molecule is COc1ccc(NC(=O)CN(C)C(C)C(=O)Nc2ccc(C)c(F)c2)cc1. The fraction of sp³-hybridized carbons (Fsp3) is 0.300. The number of hydrogen-bond donors (Lipinski definition) is 2. The minimum absolute atomic E-state index is 0.0306. The molecule has 0 aliphatic carbocycles. The van der Waals surface area contributed by atoms with E-state index in [2.05, 4.69) is 10.6 Å². The molecule has 0 aliphatic rings. The Labute approximate surface area is 158 Å². The number of carbonyl (C=O) groups is 2. The van der Waals surface area contributed by atoms with Gasteiger partial charge in [-0.2, -0.15) is 0 Å². The molecule has 0 saturated carbocycles. The molecule has 1 unspecified atom stereocenters. The highest BCUT2D eigenvalue weighted by Gasteiger charge is 2.20. The van der Waals surface area contributed by atoms with Gasteiger partial charge in [-0.25, -0.2) is 4.39 Å². The fourth-order valence-electron chi connectivity index (χ4n) is 2.36. The van der Waals surface area contributed by atoms with Gasteiger partial charge in [0.25, 0.3) is 0 Å². The van der Waals surface area contributed by atoms with Crippen LogP contribution in [-0.2, 0) is 9.59 Å². The van der Waals surface area contributed by atoms with Crippen LogP contribution in [0.15, 0.2) is 42.5 Å². The molecule has 0 saturated heterocycles. The number of ether oxygens (including phenoxy) is 1. The summed E-state index contributed by atoms with van der Waals surface area (Å²) in [4.78, 5) is 26.1. The summed E-state index contributed by atoms with van der Waals surface area (Å²) < 4.78 is 18.7. The molecule has 1 atom stereocenters. The van der Waals surface area contributed by atoms with Gasteiger partial charge in [-0.3, -0.25) is 14.5 Å². The Bertz CT molecular complexity index is 809. The van der Waals surface area contributed by atoms with Gasteiger partial charge in [-0.1, -0.05) is 6.07 Å². The van der Waals surface area contributed by atoms with E-state index in [1.54, 1.807) is 69.3 Å². The van der Waals surface area contributed by atoms with E-state index in [4.69, 9.17) is 4.74 Å². The van der Waals surface area contributed by atoms with Crippen molar-refractivity contribution in [1.82, 2.24) is 4.90 Å². The van der Waals surface area contributed by atoms with E-state index in [0.29, 0.717) is 22.7 Å². The quantitative estimate of drug-likeness (QED) is 0.783. The molecule has 2 N–H and O–H groups in total. The van der Waals surface area contributed by atoms with E-state index in [9.17, 15) is 14.0 Å². The third-order valence-electron chi connectivity index (χ3n) is 4.25. The molecular weight excluding hydrogens is 349 g/mol. The van der Waals surface area contributed by atoms with E-state index in [-0.39, 0.29) is 24.2 Å². The molecule has 0 spiro atoms. The van der Waals surface area contributed by atoms with Gasteiger partial charge in [0, 0.05) is 11.4 Å². The van der Waals surface area contributed by atoms with E-state index >= 15 is 0 Å². The zero-order valence-corrected chi connectivity index (χ0v) is 15.9. The molecule has 0 aliphatic heterocycles. The molecule has 0 aromatic heterocycles. The van der Waals surface area contributed by atoms with Crippen molar-refractivity contribution in [2.45, 2.75) is 19.9 Å². The number of methoxy groups -OCH3 is 1. The van der Waals surface area contributed by atoms with Crippen LogP contribution >= 0.6 is 0 Å². The third kappa shape index (κ3) is 5.79. The lowest BCUT2D eigenvalue weighted by Gasteiger charge is -2.23. The van der Waals surface area contributed by atoms with Gasteiger partial charge in [-0.05, 0) is 62.9 Å². The first-order chi connectivity index (χ1) is 12.8. The molecular formula is C20H24FN3O3. The number of anilines is 2. The van der Waals surface area contributed by atoms with Crippen LogP contribution in [-0.4, -0.2) is 43.5 Å². The minimum Gasteiger partial charge on any atom is -0.497 e. The molecule has 6 nitrogen and oxygen atoms in total. The topological polar surface area (TPSA) is 70.7 Å². The second-order valence-electron chi connectivity index (χ2n) is 6.32. The molecule has 2 aromatic rings. The Hall–Kier alpha value is -2.93. The average Bonchev–Trinajstić information content (AvgIpc) is 2.64. The van der Waals surface area contributed by atoms with E-state index in [1.165, 1.54) is 6.07 Å². The maximum atomic E-state index is 13.6. The second kappa shape index (κ2) is 9.14. The highest BCUT2D eigenvalue weighted by molar-refractivity contribution is 5.96. The average molecular weight is 373 g/mol. The third-order valence-corrected chi connectivity index (χ3v) is 4.25. The minimum atomic E-state index is -0.573. The van der Waals surface area contributed by atoms with Crippen molar-refractivity contribution in [3.8, 4) is 5.75 Å². The number of aryl methyl sites for hydroxylation is 1. The lowest BCUT2D eigenvalue weighted by molar-refractivity contribution is -0.122. The summed E-state index contributed by atoms with van der Waals surface area (Å²) in [6.07, 6.45) is 0. The standard InChI is InChI=1S/C20H24FN3O3/c1-13-5-6-16(11-18(13)21)23-20(26)14(2)24(3)12-19(25)22-15-7-9-17(27-4)10-8-15/h5-11,14H,12H2,1-4H3,(H,22,25)(H,23,26). The van der Waals surface area contributed by atoms with Gasteiger partial charge in [-0.15, -0.1) is 0 Å². The highest BCUT2D eigenvalue weighted by Crippen LogP contribution is 2.16. The molecule has 2 aromatic carbocycles. The number of nitrogens with zero attached hydrogens (tertiary/aromatic N) is 1. The van der Waals surface area contributed by atoms with E-state index in [0.717, 1.165) is 0 Å². The number of halogens is 1.